The molecule has 150 valence electrons. The van der Waals surface area contributed by atoms with Crippen LogP contribution in [0.4, 0.5) is 10.1 Å². The molecule has 2 aliphatic rings. The second-order valence-electron chi connectivity index (χ2n) is 7.45. The molecule has 6 nitrogen and oxygen atoms in total. The SMILES string of the molecule is Cc1cccc(N2CCN(C(=O)CN3C(=O)c4cccc(F)c4C3=O)CC2)c1C. The summed E-state index contributed by atoms with van der Waals surface area (Å²) in [6.45, 7) is 6.15. The van der Waals surface area contributed by atoms with Crippen molar-refractivity contribution in [2.24, 2.45) is 0 Å². The van der Waals surface area contributed by atoms with Crippen LogP contribution in [-0.4, -0.2) is 60.2 Å². The van der Waals surface area contributed by atoms with Crippen molar-refractivity contribution in [3.63, 3.8) is 0 Å². The number of piperazine rings is 1. The Labute approximate surface area is 168 Å². The van der Waals surface area contributed by atoms with E-state index in [2.05, 4.69) is 30.9 Å². The lowest BCUT2D eigenvalue weighted by atomic mass is 10.1. The molecule has 0 saturated carbocycles. The summed E-state index contributed by atoms with van der Waals surface area (Å²) in [7, 11) is 0. The Morgan fingerprint density at radius 1 is 0.966 bits per heavy atom. The largest absolute Gasteiger partial charge is 0.368 e. The molecule has 29 heavy (non-hydrogen) atoms. The molecule has 1 fully saturated rings. The summed E-state index contributed by atoms with van der Waals surface area (Å²) < 4.78 is 13.9. The first-order chi connectivity index (χ1) is 13.9. The summed E-state index contributed by atoms with van der Waals surface area (Å²) >= 11 is 0. The fraction of sp³-hybridized carbons (Fsp3) is 0.318. The number of imide groups is 1. The zero-order valence-corrected chi connectivity index (χ0v) is 16.4. The van der Waals surface area contributed by atoms with Gasteiger partial charge in [0.15, 0.2) is 0 Å². The number of amides is 3. The van der Waals surface area contributed by atoms with Crippen LogP contribution in [0.5, 0.6) is 0 Å². The molecule has 2 aromatic carbocycles. The molecule has 0 aromatic heterocycles. The smallest absolute Gasteiger partial charge is 0.265 e. The number of benzene rings is 2. The molecule has 2 aliphatic heterocycles. The molecule has 0 atom stereocenters. The normalized spacial score (nSPS) is 16.4. The molecule has 0 unspecified atom stereocenters. The van der Waals surface area contributed by atoms with Crippen molar-refractivity contribution < 1.29 is 18.8 Å². The van der Waals surface area contributed by atoms with Crippen molar-refractivity contribution in [2.45, 2.75) is 13.8 Å². The van der Waals surface area contributed by atoms with Crippen LogP contribution in [0.1, 0.15) is 31.8 Å². The number of anilines is 1. The zero-order chi connectivity index (χ0) is 20.7. The number of halogens is 1. The van der Waals surface area contributed by atoms with E-state index in [-0.39, 0.29) is 23.6 Å². The van der Waals surface area contributed by atoms with Crippen molar-refractivity contribution >= 4 is 23.4 Å². The van der Waals surface area contributed by atoms with Gasteiger partial charge in [-0.1, -0.05) is 18.2 Å². The fourth-order valence-corrected chi connectivity index (χ4v) is 3.95. The predicted molar refractivity (Wildman–Crippen MR) is 106 cm³/mol. The van der Waals surface area contributed by atoms with Gasteiger partial charge in [-0.05, 0) is 43.2 Å². The Balaban J connectivity index is 1.41. The number of carbonyl (C=O) groups excluding carboxylic acids is 3. The number of hydrogen-bond acceptors (Lipinski definition) is 4. The molecule has 0 N–H and O–H groups in total. The van der Waals surface area contributed by atoms with Crippen LogP contribution in [0.2, 0.25) is 0 Å². The molecule has 3 amide bonds. The van der Waals surface area contributed by atoms with Crippen molar-refractivity contribution in [1.82, 2.24) is 9.80 Å². The van der Waals surface area contributed by atoms with Crippen molar-refractivity contribution in [1.29, 1.82) is 0 Å². The Kier molecular flexibility index (Phi) is 4.82. The van der Waals surface area contributed by atoms with Gasteiger partial charge >= 0.3 is 0 Å². The first kappa shape index (κ1) is 19.1. The quantitative estimate of drug-likeness (QED) is 0.749. The second kappa shape index (κ2) is 7.31. The highest BCUT2D eigenvalue weighted by Gasteiger charge is 2.39. The number of nitrogens with zero attached hydrogens (tertiary/aromatic N) is 3. The lowest BCUT2D eigenvalue weighted by Gasteiger charge is -2.37. The van der Waals surface area contributed by atoms with Crippen molar-refractivity contribution in [2.75, 3.05) is 37.6 Å². The van der Waals surface area contributed by atoms with Crippen molar-refractivity contribution in [3.05, 3.63) is 64.5 Å². The summed E-state index contributed by atoms with van der Waals surface area (Å²) in [6.07, 6.45) is 0. The van der Waals surface area contributed by atoms with Gasteiger partial charge in [0, 0.05) is 31.9 Å². The van der Waals surface area contributed by atoms with E-state index in [0.29, 0.717) is 26.2 Å². The third kappa shape index (κ3) is 3.26. The van der Waals surface area contributed by atoms with E-state index in [1.54, 1.807) is 4.90 Å². The Morgan fingerprint density at radius 3 is 2.34 bits per heavy atom. The third-order valence-electron chi connectivity index (χ3n) is 5.79. The van der Waals surface area contributed by atoms with E-state index in [1.807, 2.05) is 6.07 Å². The molecule has 0 radical (unpaired) electrons. The van der Waals surface area contributed by atoms with E-state index >= 15 is 0 Å². The average molecular weight is 395 g/mol. The van der Waals surface area contributed by atoms with E-state index < -0.39 is 17.6 Å². The number of hydrogen-bond donors (Lipinski definition) is 0. The van der Waals surface area contributed by atoms with Crippen LogP contribution in [0.25, 0.3) is 0 Å². The van der Waals surface area contributed by atoms with Gasteiger partial charge in [-0.3, -0.25) is 19.3 Å². The molecule has 2 heterocycles. The minimum absolute atomic E-state index is 0.0162. The number of carbonyl (C=O) groups is 3. The topological polar surface area (TPSA) is 60.9 Å². The maximum Gasteiger partial charge on any atom is 0.265 e. The van der Waals surface area contributed by atoms with Gasteiger partial charge in [0.25, 0.3) is 11.8 Å². The number of fused-ring (bicyclic) bond motifs is 1. The van der Waals surface area contributed by atoms with Crippen LogP contribution in [0, 0.1) is 19.7 Å². The summed E-state index contributed by atoms with van der Waals surface area (Å²) in [6, 6.07) is 10.1. The third-order valence-corrected chi connectivity index (χ3v) is 5.79. The Hall–Kier alpha value is -3.22. The lowest BCUT2D eigenvalue weighted by Crippen LogP contribution is -2.52. The lowest BCUT2D eigenvalue weighted by molar-refractivity contribution is -0.131. The maximum absolute atomic E-state index is 13.9. The van der Waals surface area contributed by atoms with Gasteiger partial charge in [-0.25, -0.2) is 4.39 Å². The number of aryl methyl sites for hydroxylation is 1. The Morgan fingerprint density at radius 2 is 1.66 bits per heavy atom. The van der Waals surface area contributed by atoms with Gasteiger partial charge in [-0.15, -0.1) is 0 Å². The second-order valence-corrected chi connectivity index (χ2v) is 7.45. The summed E-state index contributed by atoms with van der Waals surface area (Å²) in [5.41, 5.74) is 3.37. The maximum atomic E-state index is 13.9. The van der Waals surface area contributed by atoms with Crippen LogP contribution in [0.15, 0.2) is 36.4 Å². The Bertz CT molecular complexity index is 1010. The van der Waals surface area contributed by atoms with Crippen LogP contribution in [-0.2, 0) is 4.79 Å². The fourth-order valence-electron chi connectivity index (χ4n) is 3.95. The minimum atomic E-state index is -0.745. The summed E-state index contributed by atoms with van der Waals surface area (Å²) in [4.78, 5) is 42.3. The molecule has 4 rings (SSSR count). The van der Waals surface area contributed by atoms with Gasteiger partial charge in [0.05, 0.1) is 11.1 Å². The minimum Gasteiger partial charge on any atom is -0.368 e. The van der Waals surface area contributed by atoms with Crippen molar-refractivity contribution in [3.8, 4) is 0 Å². The molecule has 1 saturated heterocycles. The molecule has 2 aromatic rings. The molecule has 0 spiro atoms. The highest BCUT2D eigenvalue weighted by atomic mass is 19.1. The van der Waals surface area contributed by atoms with E-state index in [0.717, 1.165) is 16.7 Å². The molecule has 0 bridgehead atoms. The van der Waals surface area contributed by atoms with Gasteiger partial charge < -0.3 is 9.80 Å². The van der Waals surface area contributed by atoms with Gasteiger partial charge in [0.1, 0.15) is 12.4 Å². The van der Waals surface area contributed by atoms with Gasteiger partial charge in [-0.2, -0.15) is 0 Å². The molecular weight excluding hydrogens is 373 g/mol. The molecular formula is C22H22FN3O3. The molecule has 7 heteroatoms. The predicted octanol–water partition coefficient (Wildman–Crippen LogP) is 2.39. The highest BCUT2D eigenvalue weighted by Crippen LogP contribution is 2.26. The van der Waals surface area contributed by atoms with Crippen LogP contribution < -0.4 is 4.90 Å². The standard InChI is InChI=1S/C22H22FN3O3/c1-14-5-3-8-18(15(14)2)24-9-11-25(12-10-24)19(27)13-26-21(28)16-6-4-7-17(23)20(16)22(26)29/h3-8H,9-13H2,1-2H3. The van der Waals surface area contributed by atoms with Gasteiger partial charge in [0.2, 0.25) is 5.91 Å². The van der Waals surface area contributed by atoms with E-state index in [9.17, 15) is 18.8 Å². The summed E-state index contributed by atoms with van der Waals surface area (Å²) in [5, 5.41) is 0. The van der Waals surface area contributed by atoms with Crippen LogP contribution in [0.3, 0.4) is 0 Å². The van der Waals surface area contributed by atoms with E-state index in [4.69, 9.17) is 0 Å². The summed E-state index contributed by atoms with van der Waals surface area (Å²) in [5.74, 6) is -2.41. The zero-order valence-electron chi connectivity index (χ0n) is 16.4. The average Bonchev–Trinajstić information content (AvgIpc) is 2.96. The van der Waals surface area contributed by atoms with E-state index in [1.165, 1.54) is 23.3 Å². The first-order valence-corrected chi connectivity index (χ1v) is 9.62. The monoisotopic (exact) mass is 395 g/mol. The highest BCUT2D eigenvalue weighted by molar-refractivity contribution is 6.22. The number of rotatable bonds is 3. The molecule has 0 aliphatic carbocycles. The first-order valence-electron chi connectivity index (χ1n) is 9.62. The van der Waals surface area contributed by atoms with Crippen LogP contribution >= 0.6 is 0 Å².